The molecule has 0 amide bonds. The van der Waals surface area contributed by atoms with Crippen LogP contribution in [0, 0.1) is 41.4 Å². The van der Waals surface area contributed by atoms with E-state index in [9.17, 15) is 67.1 Å². The predicted molar refractivity (Wildman–Crippen MR) is 455 cm³/mol. The van der Waals surface area contributed by atoms with Crippen LogP contribution in [0.4, 0.5) is 0 Å². The van der Waals surface area contributed by atoms with Crippen molar-refractivity contribution in [1.29, 1.82) is 0 Å². The smallest absolute Gasteiger partial charge is 0.333 e. The Kier molecular flexibility index (Phi) is 67.6. The molecule has 0 spiro atoms. The van der Waals surface area contributed by atoms with E-state index in [-0.39, 0.29) is 127 Å². The van der Waals surface area contributed by atoms with Crippen molar-refractivity contribution in [1.82, 2.24) is 0 Å². The summed E-state index contributed by atoms with van der Waals surface area (Å²) < 4.78 is 61.3. The zero-order valence-electron chi connectivity index (χ0n) is 74.1. The van der Waals surface area contributed by atoms with Gasteiger partial charge >= 0.3 is 53.7 Å². The molecule has 0 bridgehead atoms. The number of ketones is 5. The normalized spacial score (nSPS) is 12.7. The Morgan fingerprint density at radius 3 is 1.26 bits per heavy atom. The number of carbonyl (C=O) groups is 14. The number of hydrogen-bond donors (Lipinski definition) is 0. The average molecular weight is 1670 g/mol. The largest absolute Gasteiger partial charge is 0.466 e. The van der Waals surface area contributed by atoms with Crippen LogP contribution in [0.25, 0.3) is 6.08 Å². The summed E-state index contributed by atoms with van der Waals surface area (Å²) in [5.41, 5.74) is 3.38. The fourth-order valence-electron chi connectivity index (χ4n) is 11.1. The highest BCUT2D eigenvalue weighted by atomic mass is 16.6. The van der Waals surface area contributed by atoms with Crippen LogP contribution in [0.1, 0.15) is 223 Å². The van der Waals surface area contributed by atoms with Gasteiger partial charge in [0.2, 0.25) is 0 Å². The van der Waals surface area contributed by atoms with E-state index in [4.69, 9.17) is 52.1 Å². The third-order valence-electron chi connectivity index (χ3n) is 17.3. The van der Waals surface area contributed by atoms with Crippen molar-refractivity contribution in [3.8, 4) is 0 Å². The molecule has 0 saturated heterocycles. The molecular weight excluding hydrogens is 1530 g/mol. The van der Waals surface area contributed by atoms with Crippen molar-refractivity contribution in [3.05, 3.63) is 151 Å². The van der Waals surface area contributed by atoms with E-state index in [1.807, 2.05) is 78.9 Å². The standard InChI is InChI=1S/C53H72O16.C11H16O4.C9H20O2.C8H8.C7H10O3.C5H12O/c1-9-64-48(58)31-41(38(8)56)27-34(4)50(60)67-25-18-26-68-51(61)35(5)28-42(29-36(6)54)52(62)69-33-47(57)45(32-49(59)65-10-2)43(39-19-14-12-15-20-39)23-24-44(40-21-16-13-17-22-40)46(30-37(7)55)53(63)66-11-3;1-8(2)10(12)14-6-5-7-15-11(13)9(3)4;1-4-6-7-11-8-9(5-2)10-3;1-2-8-6-4-3-5-7-8;1-3-10-7(9)5-4-6(2)8;1-5(2)4-6-3/h12-17,19-22,34-35,41-46H,9-11,18,23-33H2,1-8H3;1,3,5-7H2,2,4H3;9H,4-8H2,1-3H3;2-7H,1H2;4-5H,3H2,1-2H3;5H,4H2,1-3H3/b;;;;5-4+;. The van der Waals surface area contributed by atoms with E-state index in [0.717, 1.165) is 44.3 Å². The molecule has 26 heteroatoms. The lowest BCUT2D eigenvalue weighted by Gasteiger charge is -2.30. The zero-order chi connectivity index (χ0) is 90.6. The number of unbranched alkanes of at least 4 members (excludes halogenated alkanes) is 1. The number of Topliss-reactive ketones (excluding diaryl/α,β-unsaturated/α-hetero) is 4. The second-order valence-electron chi connectivity index (χ2n) is 28.5. The Morgan fingerprint density at radius 1 is 0.437 bits per heavy atom. The molecule has 0 saturated carbocycles. The minimum Gasteiger partial charge on any atom is -0.466 e. The second-order valence-corrected chi connectivity index (χ2v) is 28.5. The summed E-state index contributed by atoms with van der Waals surface area (Å²) in [6.07, 6.45) is 8.05. The number of methoxy groups -OCH3 is 2. The third kappa shape index (κ3) is 58.6. The van der Waals surface area contributed by atoms with Gasteiger partial charge in [-0.1, -0.05) is 165 Å². The number of ether oxygens (including phenoxy) is 12. The van der Waals surface area contributed by atoms with Crippen LogP contribution >= 0.6 is 0 Å². The molecule has 119 heavy (non-hydrogen) atoms. The molecule has 0 aromatic heterocycles. The predicted octanol–water partition coefficient (Wildman–Crippen LogP) is 15.6. The van der Waals surface area contributed by atoms with E-state index in [1.165, 1.54) is 52.7 Å². The Bertz CT molecular complexity index is 3460. The molecule has 9 unspecified atom stereocenters. The van der Waals surface area contributed by atoms with Crippen LogP contribution in [0.5, 0.6) is 0 Å². The zero-order valence-corrected chi connectivity index (χ0v) is 74.1. The van der Waals surface area contributed by atoms with Crippen LogP contribution in [-0.2, 0) is 124 Å². The van der Waals surface area contributed by atoms with Crippen LogP contribution in [-0.4, -0.2) is 182 Å². The number of esters is 9. The van der Waals surface area contributed by atoms with Crippen LogP contribution in [0.3, 0.4) is 0 Å². The van der Waals surface area contributed by atoms with Crippen molar-refractivity contribution in [3.63, 3.8) is 0 Å². The van der Waals surface area contributed by atoms with Gasteiger partial charge in [0.25, 0.3) is 0 Å². The Labute approximate surface area is 707 Å². The van der Waals surface area contributed by atoms with Crippen LogP contribution < -0.4 is 0 Å². The molecule has 3 aromatic carbocycles. The lowest BCUT2D eigenvalue weighted by Crippen LogP contribution is -2.33. The van der Waals surface area contributed by atoms with Gasteiger partial charge in [-0.15, -0.1) is 0 Å². The summed E-state index contributed by atoms with van der Waals surface area (Å²) in [5.74, 6) is -12.5. The maximum atomic E-state index is 14.3. The Balaban J connectivity index is -0.00000212. The first-order chi connectivity index (χ1) is 56.5. The number of allylic oxidation sites excluding steroid dienone is 1. The number of rotatable bonds is 53. The first-order valence-electron chi connectivity index (χ1n) is 40.9. The topological polar surface area (TPSA) is 350 Å². The van der Waals surface area contributed by atoms with Gasteiger partial charge in [-0.2, -0.15) is 0 Å². The van der Waals surface area contributed by atoms with E-state index in [0.29, 0.717) is 42.1 Å². The minimum absolute atomic E-state index is 0.0532. The molecule has 666 valence electrons. The summed E-state index contributed by atoms with van der Waals surface area (Å²) in [6, 6.07) is 28.3. The van der Waals surface area contributed by atoms with Gasteiger partial charge < -0.3 is 66.4 Å². The van der Waals surface area contributed by atoms with Gasteiger partial charge in [-0.25, -0.2) is 14.4 Å². The number of benzene rings is 3. The van der Waals surface area contributed by atoms with Crippen molar-refractivity contribution in [2.24, 2.45) is 41.4 Å². The maximum absolute atomic E-state index is 14.3. The van der Waals surface area contributed by atoms with E-state index < -0.39 is 113 Å². The van der Waals surface area contributed by atoms with Crippen LogP contribution in [0.15, 0.2) is 134 Å². The molecule has 0 heterocycles. The van der Waals surface area contributed by atoms with Crippen molar-refractivity contribution < 1.29 is 124 Å². The highest BCUT2D eigenvalue weighted by Crippen LogP contribution is 2.40. The summed E-state index contributed by atoms with van der Waals surface area (Å²) >= 11 is 0. The highest BCUT2D eigenvalue weighted by Gasteiger charge is 2.38. The SMILES string of the molecule is C=C(C)C(=O)OCCCOC(=O)C(=C)C.C=Cc1ccccc1.CCCCOCC(CC)OC.CCOC(=O)/C=C/C(C)=O.CCOC(=O)CC(CC(C)C(=O)OCCCOC(=O)C(C)CC(CC(C)=O)C(=O)OCC(=O)C(CC(=O)OCC)C(CCC(c1ccccc1)C(CC(C)=O)C(=O)OCC)c1ccccc1)C(C)=O.COCC(C)C. The molecule has 9 atom stereocenters. The molecule has 3 aromatic rings. The molecule has 0 fully saturated rings. The molecule has 0 N–H and O–H groups in total. The molecular formula is C93H138O26. The molecule has 3 rings (SSSR count). The van der Waals surface area contributed by atoms with Gasteiger partial charge in [-0.05, 0) is 148 Å². The molecule has 0 aliphatic rings. The van der Waals surface area contributed by atoms with E-state index in [2.05, 4.69) is 52.2 Å². The average Bonchev–Trinajstić information content (AvgIpc) is 0.855. The van der Waals surface area contributed by atoms with E-state index >= 15 is 0 Å². The van der Waals surface area contributed by atoms with Crippen molar-refractivity contribution >= 4 is 88.7 Å². The number of carbonyl (C=O) groups excluding carboxylic acids is 14. The quantitative estimate of drug-likeness (QED) is 0.0219. The number of hydrogen-bond acceptors (Lipinski definition) is 26. The fraction of sp³-hybridized carbons (Fsp3) is 0.570. The van der Waals surface area contributed by atoms with Crippen LogP contribution in [0.2, 0.25) is 0 Å². The molecule has 0 radical (unpaired) electrons. The Hall–Kier alpha value is -9.92. The lowest BCUT2D eigenvalue weighted by molar-refractivity contribution is -0.157. The van der Waals surface area contributed by atoms with E-state index in [1.54, 1.807) is 80.9 Å². The monoisotopic (exact) mass is 1670 g/mol. The summed E-state index contributed by atoms with van der Waals surface area (Å²) in [6.45, 7) is 40.0. The molecule has 0 aliphatic carbocycles. The fourth-order valence-corrected chi connectivity index (χ4v) is 11.1. The highest BCUT2D eigenvalue weighted by molar-refractivity contribution is 5.94. The maximum Gasteiger partial charge on any atom is 0.333 e. The van der Waals surface area contributed by atoms with Gasteiger partial charge in [-0.3, -0.25) is 43.2 Å². The van der Waals surface area contributed by atoms with Gasteiger partial charge in [0.15, 0.2) is 11.6 Å². The third-order valence-corrected chi connectivity index (χ3v) is 17.3. The summed E-state index contributed by atoms with van der Waals surface area (Å²) in [5, 5.41) is 0. The van der Waals surface area contributed by atoms with Crippen molar-refractivity contribution in [2.45, 2.75) is 212 Å². The van der Waals surface area contributed by atoms with Crippen molar-refractivity contribution in [2.75, 3.05) is 93.5 Å². The lowest BCUT2D eigenvalue weighted by atomic mass is 9.73. The van der Waals surface area contributed by atoms with Gasteiger partial charge in [0, 0.05) is 82.2 Å². The van der Waals surface area contributed by atoms with Gasteiger partial charge in [0.05, 0.1) is 102 Å². The van der Waals surface area contributed by atoms with Gasteiger partial charge in [0.1, 0.15) is 24.0 Å². The summed E-state index contributed by atoms with van der Waals surface area (Å²) in [7, 11) is 3.46. The Morgan fingerprint density at radius 2 is 0.882 bits per heavy atom. The second kappa shape index (κ2) is 71.0. The molecule has 26 nitrogen and oxygen atoms in total. The summed E-state index contributed by atoms with van der Waals surface area (Å²) in [4.78, 5) is 172. The first-order valence-corrected chi connectivity index (χ1v) is 40.9. The first kappa shape index (κ1) is 113. The molecule has 0 aliphatic heterocycles. The minimum atomic E-state index is -1.12.